The van der Waals surface area contributed by atoms with Gasteiger partial charge in [-0.25, -0.2) is 0 Å². The number of benzene rings is 1. The quantitative estimate of drug-likeness (QED) is 0.812. The molecule has 1 unspecified atom stereocenters. The molecule has 0 aromatic heterocycles. The number of amides is 1. The van der Waals surface area contributed by atoms with E-state index in [0.717, 1.165) is 17.6 Å². The first-order valence-corrected chi connectivity index (χ1v) is 6.73. The average molecular weight is 277 g/mol. The maximum atomic E-state index is 12.0. The molecule has 0 aliphatic heterocycles. The smallest absolute Gasteiger partial charge is 0.247 e. The van der Waals surface area contributed by atoms with Gasteiger partial charge in [0.25, 0.3) is 0 Å². The summed E-state index contributed by atoms with van der Waals surface area (Å²) in [4.78, 5) is 12.0. The van der Waals surface area contributed by atoms with Crippen molar-refractivity contribution in [2.75, 3.05) is 14.2 Å². The highest BCUT2D eigenvalue weighted by atomic mass is 16.5. The Morgan fingerprint density at radius 2 is 1.95 bits per heavy atom. The van der Waals surface area contributed by atoms with Crippen molar-refractivity contribution in [3.63, 3.8) is 0 Å². The Balaban J connectivity index is 2.85. The molecule has 0 saturated heterocycles. The molecule has 0 fully saturated rings. The van der Waals surface area contributed by atoms with E-state index in [0.29, 0.717) is 11.5 Å². The van der Waals surface area contributed by atoms with Crippen molar-refractivity contribution >= 4 is 5.91 Å². The predicted molar refractivity (Wildman–Crippen MR) is 80.2 cm³/mol. The summed E-state index contributed by atoms with van der Waals surface area (Å²) >= 11 is 0. The monoisotopic (exact) mass is 277 g/mol. The van der Waals surface area contributed by atoms with Gasteiger partial charge in [0.15, 0.2) is 11.5 Å². The molecule has 20 heavy (non-hydrogen) atoms. The van der Waals surface area contributed by atoms with Crippen molar-refractivity contribution in [3.05, 3.63) is 35.4 Å². The minimum atomic E-state index is -0.0949. The van der Waals surface area contributed by atoms with Crippen molar-refractivity contribution < 1.29 is 14.3 Å². The summed E-state index contributed by atoms with van der Waals surface area (Å²) in [7, 11) is 3.20. The van der Waals surface area contributed by atoms with Crippen molar-refractivity contribution in [2.45, 2.75) is 33.2 Å². The van der Waals surface area contributed by atoms with Crippen molar-refractivity contribution in [2.24, 2.45) is 0 Å². The zero-order chi connectivity index (χ0) is 15.1. The van der Waals surface area contributed by atoms with Crippen LogP contribution in [-0.4, -0.2) is 20.1 Å². The fourth-order valence-corrected chi connectivity index (χ4v) is 1.91. The van der Waals surface area contributed by atoms with Crippen LogP contribution in [0.5, 0.6) is 11.5 Å². The molecule has 0 heterocycles. The van der Waals surface area contributed by atoms with Crippen LogP contribution >= 0.6 is 0 Å². The third-order valence-electron chi connectivity index (χ3n) is 3.12. The Morgan fingerprint density at radius 1 is 1.30 bits per heavy atom. The number of hydrogen-bond acceptors (Lipinski definition) is 3. The van der Waals surface area contributed by atoms with Crippen molar-refractivity contribution in [1.29, 1.82) is 0 Å². The topological polar surface area (TPSA) is 47.6 Å². The van der Waals surface area contributed by atoms with Gasteiger partial charge >= 0.3 is 0 Å². The van der Waals surface area contributed by atoms with Crippen LogP contribution in [0.2, 0.25) is 0 Å². The summed E-state index contributed by atoms with van der Waals surface area (Å²) in [5.74, 6) is 1.29. The maximum absolute atomic E-state index is 12.0. The molecular weight excluding hydrogens is 254 g/mol. The Labute approximate surface area is 120 Å². The van der Waals surface area contributed by atoms with Crippen LogP contribution in [0.1, 0.15) is 38.8 Å². The second kappa shape index (κ2) is 7.58. The number of ether oxygens (including phenoxy) is 2. The van der Waals surface area contributed by atoms with Gasteiger partial charge in [-0.1, -0.05) is 19.1 Å². The Kier molecular flexibility index (Phi) is 6.10. The molecular formula is C16H23NO3. The van der Waals surface area contributed by atoms with Crippen LogP contribution in [0.3, 0.4) is 0 Å². The first kappa shape index (κ1) is 16.1. The van der Waals surface area contributed by atoms with Gasteiger partial charge in [-0.15, -0.1) is 0 Å². The molecule has 0 spiro atoms. The van der Waals surface area contributed by atoms with E-state index in [9.17, 15) is 4.79 Å². The lowest BCUT2D eigenvalue weighted by Crippen LogP contribution is -2.27. The van der Waals surface area contributed by atoms with Gasteiger partial charge in [0.2, 0.25) is 5.91 Å². The Morgan fingerprint density at radius 3 is 2.50 bits per heavy atom. The highest BCUT2D eigenvalue weighted by molar-refractivity contribution is 5.93. The van der Waals surface area contributed by atoms with Crippen LogP contribution in [0.4, 0.5) is 0 Å². The highest BCUT2D eigenvalue weighted by Gasteiger charge is 2.13. The summed E-state index contributed by atoms with van der Waals surface area (Å²) in [6.45, 7) is 5.77. The molecule has 1 amide bonds. The van der Waals surface area contributed by atoms with Crippen LogP contribution in [0.25, 0.3) is 0 Å². The third kappa shape index (κ3) is 4.02. The van der Waals surface area contributed by atoms with E-state index in [1.807, 2.05) is 45.0 Å². The second-order valence-electron chi connectivity index (χ2n) is 4.60. The van der Waals surface area contributed by atoms with Gasteiger partial charge in [0.05, 0.1) is 20.3 Å². The van der Waals surface area contributed by atoms with Crippen LogP contribution in [-0.2, 0) is 4.79 Å². The third-order valence-corrected chi connectivity index (χ3v) is 3.12. The summed E-state index contributed by atoms with van der Waals surface area (Å²) in [6.07, 6.45) is 2.76. The van der Waals surface area contributed by atoms with E-state index in [-0.39, 0.29) is 11.9 Å². The molecule has 0 aliphatic rings. The first-order valence-electron chi connectivity index (χ1n) is 6.73. The number of allylic oxidation sites excluding steroid dienone is 1. The number of carbonyl (C=O) groups excluding carboxylic acids is 1. The first-order chi connectivity index (χ1) is 9.53. The van der Waals surface area contributed by atoms with E-state index in [2.05, 4.69) is 5.32 Å². The van der Waals surface area contributed by atoms with E-state index < -0.39 is 0 Å². The molecule has 110 valence electrons. The molecule has 1 N–H and O–H groups in total. The second-order valence-corrected chi connectivity index (χ2v) is 4.60. The maximum Gasteiger partial charge on any atom is 0.247 e. The molecule has 1 aromatic rings. The normalized spacial score (nSPS) is 12.8. The molecule has 4 heteroatoms. The number of methoxy groups -OCH3 is 2. The average Bonchev–Trinajstić information content (AvgIpc) is 2.46. The fourth-order valence-electron chi connectivity index (χ4n) is 1.91. The van der Waals surface area contributed by atoms with Gasteiger partial charge in [0, 0.05) is 5.57 Å². The van der Waals surface area contributed by atoms with E-state index in [1.54, 1.807) is 14.2 Å². The van der Waals surface area contributed by atoms with Crippen molar-refractivity contribution in [3.8, 4) is 11.5 Å². The van der Waals surface area contributed by atoms with Crippen molar-refractivity contribution in [1.82, 2.24) is 5.32 Å². The van der Waals surface area contributed by atoms with Gasteiger partial charge in [-0.3, -0.25) is 4.79 Å². The minimum Gasteiger partial charge on any atom is -0.493 e. The molecule has 4 nitrogen and oxygen atoms in total. The molecule has 0 bridgehead atoms. The molecule has 0 saturated carbocycles. The number of carbonyl (C=O) groups is 1. The zero-order valence-electron chi connectivity index (χ0n) is 12.8. The zero-order valence-corrected chi connectivity index (χ0v) is 12.8. The van der Waals surface area contributed by atoms with Crippen LogP contribution in [0.15, 0.2) is 29.8 Å². The SMILES string of the molecule is CCC=C(C)C(=O)NC(C)c1ccc(OC)c(OC)c1. The lowest BCUT2D eigenvalue weighted by Gasteiger charge is -2.16. The Bertz CT molecular complexity index is 494. The van der Waals surface area contributed by atoms with Crippen LogP contribution in [0, 0.1) is 0 Å². The molecule has 1 atom stereocenters. The molecule has 0 aliphatic carbocycles. The van der Waals surface area contributed by atoms with Crippen LogP contribution < -0.4 is 14.8 Å². The van der Waals surface area contributed by atoms with E-state index >= 15 is 0 Å². The fraction of sp³-hybridized carbons (Fsp3) is 0.438. The summed E-state index contributed by atoms with van der Waals surface area (Å²) in [6, 6.07) is 5.54. The summed E-state index contributed by atoms with van der Waals surface area (Å²) in [5.41, 5.74) is 1.71. The Hall–Kier alpha value is -1.97. The standard InChI is InChI=1S/C16H23NO3/c1-6-7-11(2)16(18)17-12(3)13-8-9-14(19-4)15(10-13)20-5/h7-10,12H,6H2,1-5H3,(H,17,18). The summed E-state index contributed by atoms with van der Waals surface area (Å²) < 4.78 is 10.5. The van der Waals surface area contributed by atoms with Gasteiger partial charge < -0.3 is 14.8 Å². The lowest BCUT2D eigenvalue weighted by atomic mass is 10.1. The molecule has 0 radical (unpaired) electrons. The molecule has 1 aromatic carbocycles. The van der Waals surface area contributed by atoms with E-state index in [4.69, 9.17) is 9.47 Å². The predicted octanol–water partition coefficient (Wildman–Crippen LogP) is 3.24. The van der Waals surface area contributed by atoms with Gasteiger partial charge in [-0.2, -0.15) is 0 Å². The molecule has 1 rings (SSSR count). The summed E-state index contributed by atoms with van der Waals surface area (Å²) in [5, 5.41) is 2.97. The number of hydrogen-bond donors (Lipinski definition) is 1. The number of nitrogens with one attached hydrogen (secondary N) is 1. The lowest BCUT2D eigenvalue weighted by molar-refractivity contribution is -0.118. The van der Waals surface area contributed by atoms with E-state index in [1.165, 1.54) is 0 Å². The highest BCUT2D eigenvalue weighted by Crippen LogP contribution is 2.29. The number of rotatable bonds is 6. The minimum absolute atomic E-state index is 0.0471. The van der Waals surface area contributed by atoms with Gasteiger partial charge in [-0.05, 0) is 38.0 Å². The largest absolute Gasteiger partial charge is 0.493 e. The van der Waals surface area contributed by atoms with Gasteiger partial charge in [0.1, 0.15) is 0 Å².